The van der Waals surface area contributed by atoms with Crippen LogP contribution in [0.1, 0.15) is 50.3 Å². The van der Waals surface area contributed by atoms with Crippen LogP contribution < -0.4 is 19.3 Å². The summed E-state index contributed by atoms with van der Waals surface area (Å²) in [6.45, 7) is 9.17. The van der Waals surface area contributed by atoms with Crippen molar-refractivity contribution in [3.05, 3.63) is 97.8 Å². The summed E-state index contributed by atoms with van der Waals surface area (Å²) in [6, 6.07) is 18.8. The Kier molecular flexibility index (Phi) is 11.0. The number of ether oxygens (including phenoxy) is 3. The summed E-state index contributed by atoms with van der Waals surface area (Å²) in [5.74, 6) is 1.53. The highest BCUT2D eigenvalue weighted by Gasteiger charge is 2.45. The fourth-order valence-electron chi connectivity index (χ4n) is 7.39. The van der Waals surface area contributed by atoms with Gasteiger partial charge in [0.25, 0.3) is 0 Å². The number of anilines is 2. The van der Waals surface area contributed by atoms with E-state index in [9.17, 15) is 4.79 Å². The molecule has 288 valence electrons. The smallest absolute Gasteiger partial charge is 0.410 e. The first-order valence-electron chi connectivity index (χ1n) is 18.0. The van der Waals surface area contributed by atoms with E-state index >= 15 is 8.78 Å². The number of benzene rings is 3. The van der Waals surface area contributed by atoms with Crippen LogP contribution in [0.2, 0.25) is 5.02 Å². The van der Waals surface area contributed by atoms with Crippen molar-refractivity contribution < 1.29 is 27.8 Å². The molecule has 2 unspecified atom stereocenters. The minimum atomic E-state index is -1.06. The molecule has 0 saturated carbocycles. The van der Waals surface area contributed by atoms with Crippen molar-refractivity contribution >= 4 is 62.8 Å². The van der Waals surface area contributed by atoms with Gasteiger partial charge in [0.15, 0.2) is 5.82 Å². The number of carbonyl (C=O) groups excluding carboxylic acids is 1. The first kappa shape index (κ1) is 38.8. The van der Waals surface area contributed by atoms with Crippen LogP contribution in [0.25, 0.3) is 22.2 Å². The molecule has 2 atom stereocenters. The van der Waals surface area contributed by atoms with E-state index in [2.05, 4.69) is 37.5 Å². The summed E-state index contributed by atoms with van der Waals surface area (Å²) in [5.41, 5.74) is 2.40. The van der Waals surface area contributed by atoms with Gasteiger partial charge >= 0.3 is 12.2 Å². The standard InChI is InChI=1S/C41H42ClF2IN6O4/c1-23-17-32(49(19-24-7-13-28(53-5)14-8-24)20-25-9-15-29(54-6)16-10-25)46-37(35(23)45)33-31(42)18-30-36(34(33)43)47-39(44)48-38(30)50-21-26-11-12-27(22-50)51(26)40(52)55-41(2,3)4/h7-10,13-18,26-27H,11-12,19-22H2,1-6H3. The lowest BCUT2D eigenvalue weighted by atomic mass is 10.0. The molecule has 7 rings (SSSR count). The topological polar surface area (TPSA) is 93.2 Å². The molecule has 2 aliphatic rings. The largest absolute Gasteiger partial charge is 0.497 e. The second-order valence-electron chi connectivity index (χ2n) is 14.9. The molecule has 2 aliphatic heterocycles. The minimum absolute atomic E-state index is 0.0243. The Morgan fingerprint density at radius 2 is 1.47 bits per heavy atom. The quantitative estimate of drug-likeness (QED) is 0.106. The predicted octanol–water partition coefficient (Wildman–Crippen LogP) is 9.35. The first-order valence-corrected chi connectivity index (χ1v) is 19.5. The van der Waals surface area contributed by atoms with Crippen LogP contribution in [0.3, 0.4) is 0 Å². The second-order valence-corrected chi connectivity index (χ2v) is 16.4. The second kappa shape index (κ2) is 15.6. The van der Waals surface area contributed by atoms with Crippen LogP contribution >= 0.6 is 34.2 Å². The van der Waals surface area contributed by atoms with Gasteiger partial charge in [-0.2, -0.15) is 14.4 Å². The van der Waals surface area contributed by atoms with Gasteiger partial charge < -0.3 is 24.0 Å². The van der Waals surface area contributed by atoms with Crippen molar-refractivity contribution in [3.63, 3.8) is 0 Å². The SMILES string of the molecule is COc1ccc(CN(Cc2ccc(OC)cc2)c2cc(C)c(I)c(-c3c(Cl)cc4c(N5CC6CCC(C5)N6C(=O)OC(C)(C)C)nc(F)nc4c3F)n2)cc1. The molecule has 5 aromatic rings. The van der Waals surface area contributed by atoms with Crippen LogP contribution in [-0.2, 0) is 17.8 Å². The van der Waals surface area contributed by atoms with E-state index in [0.29, 0.717) is 41.3 Å². The number of aromatic nitrogens is 3. The fourth-order valence-corrected chi connectivity index (χ4v) is 8.22. The van der Waals surface area contributed by atoms with Crippen LogP contribution in [0.5, 0.6) is 11.5 Å². The molecule has 2 fully saturated rings. The monoisotopic (exact) mass is 882 g/mol. The fraction of sp³-hybridized carbons (Fsp3) is 0.366. The maximum absolute atomic E-state index is 17.0. The Morgan fingerprint density at radius 1 is 0.909 bits per heavy atom. The lowest BCUT2D eigenvalue weighted by Gasteiger charge is -2.42. The van der Waals surface area contributed by atoms with E-state index in [0.717, 1.165) is 41.0 Å². The molecule has 10 nitrogen and oxygen atoms in total. The number of nitrogens with zero attached hydrogens (tertiary/aromatic N) is 6. The summed E-state index contributed by atoms with van der Waals surface area (Å²) < 4.78 is 49.4. The van der Waals surface area contributed by atoms with Crippen LogP contribution in [0.15, 0.2) is 60.7 Å². The Hall–Kier alpha value is -4.50. The molecule has 0 radical (unpaired) electrons. The molecule has 2 saturated heterocycles. The van der Waals surface area contributed by atoms with Gasteiger partial charge in [-0.05, 0) is 116 Å². The molecule has 55 heavy (non-hydrogen) atoms. The molecule has 14 heteroatoms. The van der Waals surface area contributed by atoms with Gasteiger partial charge in [0.1, 0.15) is 34.3 Å². The number of pyridine rings is 1. The van der Waals surface area contributed by atoms with Gasteiger partial charge in [-0.3, -0.25) is 4.90 Å². The zero-order chi connectivity index (χ0) is 39.2. The van der Waals surface area contributed by atoms with Crippen LogP contribution in [0, 0.1) is 22.4 Å². The van der Waals surface area contributed by atoms with Gasteiger partial charge in [-0.25, -0.2) is 14.2 Å². The zero-order valence-corrected chi connectivity index (χ0v) is 34.4. The molecule has 0 spiro atoms. The number of carbonyl (C=O) groups is 1. The molecule has 1 amide bonds. The van der Waals surface area contributed by atoms with Gasteiger partial charge in [0, 0.05) is 35.1 Å². The van der Waals surface area contributed by atoms with Crippen molar-refractivity contribution in [2.24, 2.45) is 0 Å². The van der Waals surface area contributed by atoms with Gasteiger partial charge in [-0.15, -0.1) is 0 Å². The van der Waals surface area contributed by atoms with Crippen LogP contribution in [0.4, 0.5) is 25.2 Å². The average Bonchev–Trinajstić information content (AvgIpc) is 3.42. The van der Waals surface area contributed by atoms with Crippen molar-refractivity contribution in [1.82, 2.24) is 19.9 Å². The minimum Gasteiger partial charge on any atom is -0.497 e. The Morgan fingerprint density at radius 3 is 2.00 bits per heavy atom. The molecule has 2 aromatic heterocycles. The molecule has 4 heterocycles. The average molecular weight is 883 g/mol. The summed E-state index contributed by atoms with van der Waals surface area (Å²) in [5, 5.41) is 0.372. The first-order chi connectivity index (χ1) is 26.2. The van der Waals surface area contributed by atoms with E-state index in [1.165, 1.54) is 0 Å². The zero-order valence-electron chi connectivity index (χ0n) is 31.5. The van der Waals surface area contributed by atoms with Crippen molar-refractivity contribution in [2.75, 3.05) is 37.1 Å². The summed E-state index contributed by atoms with van der Waals surface area (Å²) >= 11 is 9.16. The third-order valence-corrected chi connectivity index (χ3v) is 11.6. The third-order valence-electron chi connectivity index (χ3n) is 9.97. The number of rotatable bonds is 9. The Labute approximate surface area is 337 Å². The number of amides is 1. The summed E-state index contributed by atoms with van der Waals surface area (Å²) in [4.78, 5) is 32.1. The van der Waals surface area contributed by atoms with E-state index in [1.54, 1.807) is 25.2 Å². The lowest BCUT2D eigenvalue weighted by molar-refractivity contribution is 0.0122. The predicted molar refractivity (Wildman–Crippen MR) is 218 cm³/mol. The Bertz CT molecular complexity index is 2180. The summed E-state index contributed by atoms with van der Waals surface area (Å²) in [7, 11) is 3.25. The summed E-state index contributed by atoms with van der Waals surface area (Å²) in [6.07, 6.45) is 0.0929. The number of methoxy groups -OCH3 is 2. The van der Waals surface area contributed by atoms with Gasteiger partial charge in [-0.1, -0.05) is 35.9 Å². The molecular weight excluding hydrogens is 841 g/mol. The van der Waals surface area contributed by atoms with Crippen LogP contribution in [-0.4, -0.2) is 70.9 Å². The van der Waals surface area contributed by atoms with Crippen molar-refractivity contribution in [1.29, 1.82) is 0 Å². The molecule has 3 aromatic carbocycles. The maximum atomic E-state index is 17.0. The third kappa shape index (κ3) is 8.09. The number of hydrogen-bond donors (Lipinski definition) is 0. The number of fused-ring (bicyclic) bond motifs is 3. The molecule has 0 N–H and O–H groups in total. The Balaban J connectivity index is 1.27. The van der Waals surface area contributed by atoms with E-state index in [-0.39, 0.29) is 45.5 Å². The molecule has 2 bridgehead atoms. The number of hydrogen-bond acceptors (Lipinski definition) is 9. The highest BCUT2D eigenvalue weighted by Crippen LogP contribution is 2.42. The lowest BCUT2D eigenvalue weighted by Crippen LogP contribution is -2.57. The maximum Gasteiger partial charge on any atom is 0.410 e. The van der Waals surface area contributed by atoms with Gasteiger partial charge in [0.2, 0.25) is 0 Å². The van der Waals surface area contributed by atoms with E-state index in [4.69, 9.17) is 30.8 Å². The number of halogens is 4. The highest BCUT2D eigenvalue weighted by atomic mass is 127. The van der Waals surface area contributed by atoms with E-state index < -0.39 is 17.5 Å². The van der Waals surface area contributed by atoms with Gasteiger partial charge in [0.05, 0.1) is 42.6 Å². The molecular formula is C41H42ClF2IN6O4. The number of piperazine rings is 1. The van der Waals surface area contributed by atoms with Crippen molar-refractivity contribution in [3.8, 4) is 22.8 Å². The number of aryl methyl sites for hydroxylation is 1. The molecule has 0 aliphatic carbocycles. The highest BCUT2D eigenvalue weighted by molar-refractivity contribution is 14.1. The van der Waals surface area contributed by atoms with Crippen molar-refractivity contribution in [2.45, 2.75) is 71.3 Å². The van der Waals surface area contributed by atoms with E-state index in [1.807, 2.05) is 87.2 Å². The normalized spacial score (nSPS) is 16.8.